The smallest absolute Gasteiger partial charge is 0.329 e. The molecule has 0 radical (unpaired) electrons. The first-order chi connectivity index (χ1) is 59.8. The van der Waals surface area contributed by atoms with E-state index in [1.54, 1.807) is 55.6 Å². The van der Waals surface area contributed by atoms with Gasteiger partial charge in [0.15, 0.2) is 11.4 Å². The summed E-state index contributed by atoms with van der Waals surface area (Å²) in [4.78, 5) is 109. The second-order valence-electron chi connectivity index (χ2n) is 32.9. The van der Waals surface area contributed by atoms with Crippen LogP contribution < -0.4 is 22.1 Å². The van der Waals surface area contributed by atoms with Crippen molar-refractivity contribution in [1.82, 2.24) is 55.3 Å². The number of ether oxygens (including phenoxy) is 11. The van der Waals surface area contributed by atoms with Gasteiger partial charge in [0.25, 0.3) is 11.7 Å². The van der Waals surface area contributed by atoms with Gasteiger partial charge >= 0.3 is 5.97 Å². The number of aromatic amines is 1. The Kier molecular flexibility index (Phi) is 41.4. The maximum Gasteiger partial charge on any atom is 0.329 e. The number of esters is 1. The molecule has 7 heterocycles. The zero-order chi connectivity index (χ0) is 88.9. The number of cyclic esters (lactones) is 1. The van der Waals surface area contributed by atoms with E-state index in [-0.39, 0.29) is 105 Å². The van der Waals surface area contributed by atoms with E-state index in [2.05, 4.69) is 35.9 Å². The Labute approximate surface area is 725 Å². The van der Waals surface area contributed by atoms with E-state index in [4.69, 9.17) is 68.7 Å². The largest absolute Gasteiger partial charge is 0.508 e. The van der Waals surface area contributed by atoms with Crippen molar-refractivity contribution in [2.45, 2.75) is 237 Å². The molecule has 124 heavy (non-hydrogen) atoms. The Morgan fingerprint density at radius 2 is 1.44 bits per heavy atom. The van der Waals surface area contributed by atoms with Crippen molar-refractivity contribution in [2.24, 2.45) is 29.4 Å². The van der Waals surface area contributed by atoms with Gasteiger partial charge in [0.1, 0.15) is 53.7 Å². The third kappa shape index (κ3) is 31.1. The number of piperidine rings is 1. The Bertz CT molecular complexity index is 4320. The number of fused-ring (bicyclic) bond motifs is 5. The van der Waals surface area contributed by atoms with Gasteiger partial charge in [0.05, 0.1) is 127 Å². The molecule has 14 atom stereocenters. The third-order valence-electron chi connectivity index (χ3n) is 23.2. The number of allylic oxidation sites excluding steroid dienone is 6. The second-order valence-corrected chi connectivity index (χ2v) is 32.9. The van der Waals surface area contributed by atoms with Crippen molar-refractivity contribution in [2.75, 3.05) is 125 Å². The van der Waals surface area contributed by atoms with Gasteiger partial charge in [-0.15, -0.1) is 5.10 Å². The summed E-state index contributed by atoms with van der Waals surface area (Å²) in [6.07, 6.45) is 16.6. The van der Waals surface area contributed by atoms with Gasteiger partial charge < -0.3 is 105 Å². The van der Waals surface area contributed by atoms with Crippen LogP contribution in [0.15, 0.2) is 84.4 Å². The fourth-order valence-corrected chi connectivity index (χ4v) is 16.1. The average Bonchev–Trinajstić information content (AvgIpc) is 1.56. The normalized spacial score (nSPS) is 25.5. The predicted octanol–water partition coefficient (Wildman–Crippen LogP) is 6.78. The molecular weight excluding hydrogens is 1600 g/mol. The van der Waals surface area contributed by atoms with Crippen LogP contribution in [0.1, 0.15) is 162 Å². The van der Waals surface area contributed by atoms with Crippen LogP contribution in [-0.4, -0.2) is 286 Å². The number of carbonyl (C=O) groups is 7. The van der Waals surface area contributed by atoms with E-state index >= 15 is 0 Å². The number of carbonyl (C=O) groups excluding carboxylic acids is 7. The molecule has 1 saturated carbocycles. The Hall–Kier alpha value is -8.66. The molecule has 2 bridgehead atoms. The van der Waals surface area contributed by atoms with Gasteiger partial charge in [-0.25, -0.2) is 24.1 Å². The molecule has 3 fully saturated rings. The zero-order valence-corrected chi connectivity index (χ0v) is 73.2. The molecule has 9 rings (SSSR count). The van der Waals surface area contributed by atoms with E-state index < -0.39 is 89.5 Å². The summed E-state index contributed by atoms with van der Waals surface area (Å²) in [6, 6.07) is 4.86. The first-order valence-corrected chi connectivity index (χ1v) is 44.0. The molecule has 3 amide bonds. The van der Waals surface area contributed by atoms with Gasteiger partial charge in [-0.1, -0.05) is 62.4 Å². The number of rotatable bonds is 41. The molecule has 0 spiro atoms. The fraction of sp³-hybridized carbons (Fsp3) is 0.663. The second kappa shape index (κ2) is 51.8. The topological polar surface area (TPSA) is 471 Å². The molecule has 5 aromatic rings. The fourth-order valence-electron chi connectivity index (χ4n) is 16.1. The summed E-state index contributed by atoms with van der Waals surface area (Å²) in [5.41, 5.74) is 18.0. The number of aryl methyl sites for hydroxylation is 2. The zero-order valence-electron chi connectivity index (χ0n) is 73.2. The number of phenols is 1. The summed E-state index contributed by atoms with van der Waals surface area (Å²) < 4.78 is 67.8. The van der Waals surface area contributed by atoms with Crippen LogP contribution in [0.2, 0.25) is 0 Å². The van der Waals surface area contributed by atoms with Crippen molar-refractivity contribution in [3.8, 4) is 17.1 Å². The van der Waals surface area contributed by atoms with Crippen molar-refractivity contribution in [1.29, 1.82) is 0 Å². The van der Waals surface area contributed by atoms with Crippen LogP contribution in [0.5, 0.6) is 5.75 Å². The van der Waals surface area contributed by atoms with E-state index in [9.17, 15) is 54.0 Å². The number of phenolic OH excluding ortho intramolecular Hbond substituents is 1. The molecule has 1 aromatic carbocycles. The third-order valence-corrected chi connectivity index (χ3v) is 23.2. The van der Waals surface area contributed by atoms with E-state index in [1.807, 2.05) is 56.5 Å². The number of nitrogens with zero attached hydrogens (tertiary/aromatic N) is 8. The lowest BCUT2D eigenvalue weighted by atomic mass is 9.80. The molecule has 3 aliphatic heterocycles. The minimum Gasteiger partial charge on any atom is -0.508 e. The SMILES string of the molecule is CO[C@H]1C[C@@H]2CCC[C@@](O)(O2)C(=O)C(=O)N2CCCC[C@H]2C(=O)O[C@H]([C@H](N)C[C@@H]2CC[C@@H](OCCCCc3cn(CCOCCOCCOCCC(=O)NCCOCCOCCOCCC(=O)NCCCCn4nc(-c5cc6cc(O)ccc6[nH]5)c5c(N)ncnc54)nn3)[C@H](OC)C2)CC(=O)[C@H](C)/C=C(\C)[C@@H](O)[C@@H](O)C(=O)[C@H](C)C[C@H](C)/C=C/C=CC=C1C. The summed E-state index contributed by atoms with van der Waals surface area (Å²) in [7, 11) is 3.19. The number of aromatic nitrogens is 8. The molecule has 35 nitrogen and oxygen atoms in total. The highest BCUT2D eigenvalue weighted by Gasteiger charge is 2.50. The molecule has 4 aliphatic rings. The lowest BCUT2D eigenvalue weighted by molar-refractivity contribution is -0.245. The van der Waals surface area contributed by atoms with Crippen LogP contribution in [0.3, 0.4) is 0 Å². The van der Waals surface area contributed by atoms with E-state index in [1.165, 1.54) is 19.3 Å². The number of hydrogen-bond donors (Lipinski definition) is 9. The van der Waals surface area contributed by atoms with Crippen LogP contribution in [-0.2, 0) is 105 Å². The van der Waals surface area contributed by atoms with Crippen molar-refractivity contribution in [3.63, 3.8) is 0 Å². The number of methoxy groups -OCH3 is 2. The Balaban J connectivity index is 0.592. The highest BCUT2D eigenvalue weighted by molar-refractivity contribution is 6.39. The highest BCUT2D eigenvalue weighted by atomic mass is 16.6. The number of ketones is 3. The number of nitrogens with one attached hydrogen (secondary N) is 3. The number of aliphatic hydroxyl groups is 3. The number of nitrogen functional groups attached to an aromatic ring is 1. The van der Waals surface area contributed by atoms with Crippen LogP contribution in [0.4, 0.5) is 5.82 Å². The first-order valence-electron chi connectivity index (χ1n) is 44.0. The average molecular weight is 1740 g/mol. The van der Waals surface area contributed by atoms with Crippen molar-refractivity contribution < 1.29 is 106 Å². The summed E-state index contributed by atoms with van der Waals surface area (Å²) in [6.45, 7) is 15.2. The maximum atomic E-state index is 14.6. The van der Waals surface area contributed by atoms with Gasteiger partial charge in [0, 0.05) is 114 Å². The van der Waals surface area contributed by atoms with Crippen molar-refractivity contribution >= 4 is 68.8 Å². The van der Waals surface area contributed by atoms with Crippen LogP contribution in [0, 0.1) is 23.7 Å². The predicted molar refractivity (Wildman–Crippen MR) is 459 cm³/mol. The van der Waals surface area contributed by atoms with Crippen LogP contribution in [0.25, 0.3) is 33.3 Å². The van der Waals surface area contributed by atoms with Crippen LogP contribution >= 0.6 is 0 Å². The number of Topliss-reactive ketones (excluding diaryl/α,β-unsaturated/α-hetero) is 3. The number of H-pyrrole nitrogens is 1. The minimum absolute atomic E-state index is 0.0277. The molecule has 0 unspecified atom stereocenters. The lowest BCUT2D eigenvalue weighted by Gasteiger charge is -2.40. The number of benzene rings is 1. The number of hydrogen-bond acceptors (Lipinski definition) is 29. The summed E-state index contributed by atoms with van der Waals surface area (Å²) in [5, 5.41) is 64.9. The summed E-state index contributed by atoms with van der Waals surface area (Å²) in [5.74, 6) is -7.89. The Morgan fingerprint density at radius 1 is 0.734 bits per heavy atom. The number of aromatic hydroxyl groups is 1. The number of anilines is 1. The number of unbranched alkanes of at least 4 members (excludes halogenated alkanes) is 2. The number of aliphatic hydroxyl groups excluding tert-OH is 2. The van der Waals surface area contributed by atoms with Gasteiger partial charge in [-0.05, 0) is 157 Å². The first kappa shape index (κ1) is 99.1. The number of nitrogens with two attached hydrogens (primary N) is 2. The molecule has 35 heteroatoms. The van der Waals surface area contributed by atoms with Crippen molar-refractivity contribution in [3.05, 3.63) is 90.1 Å². The minimum atomic E-state index is -2.45. The van der Waals surface area contributed by atoms with Gasteiger partial charge in [-0.3, -0.25) is 28.8 Å². The quantitative estimate of drug-likeness (QED) is 0.00842. The van der Waals surface area contributed by atoms with Gasteiger partial charge in [-0.2, -0.15) is 5.10 Å². The number of amides is 3. The standard InChI is InChI=1S/C89H133N13O22/c1-58-18-9-8-10-19-59(2)74(114-6)54-67-21-17-29-89(113,124-67)84(110)87(111)101-32-14-11-22-71(101)88(112)123-75(55-72(104)60(3)49-62(5)82(108)83(109)81(107)61(4)48-58)68(90)50-63-23-26-73(76(51-63)115-7)122-35-16-12-20-65-56-100(99-97-65)34-39-119-43-47-121-45-41-117-37-28-78(106)93-31-38-118-42-46-120-44-40-116-36-27-77(105)92-30-13-15-33-102-86-79(85(91)94-57-95-86)80(98-102)70-53-64-52-66(103)24-25-69(64)96-70/h8-10,18-19,24-25,49,52-53,56-58,60-61,63,67-68,71,73-76,82-83,96,103,108-109,113H,11-17,20-23,26-48,50-51,54-55,90H2,1-7H3,(H,92,105)(H,93,106)(H2,91,94,95)/b10-8?,18-9+,59-19?,62-49+/t58-,60-,61-,63+,67+,68-,71+,73-,74+,75+,76-,82-,83+,89-/m1/s1. The Morgan fingerprint density at radius 3 is 2.17 bits per heavy atom. The monoisotopic (exact) mass is 1740 g/mol. The molecular formula is C89H133N13O22. The summed E-state index contributed by atoms with van der Waals surface area (Å²) >= 11 is 0. The van der Waals surface area contributed by atoms with E-state index in [0.29, 0.717) is 186 Å². The molecule has 11 N–H and O–H groups in total. The maximum absolute atomic E-state index is 14.6. The molecule has 686 valence electrons. The molecule has 4 aromatic heterocycles. The highest BCUT2D eigenvalue weighted by Crippen LogP contribution is 2.37. The molecule has 1 aliphatic carbocycles. The lowest BCUT2D eigenvalue weighted by Crippen LogP contribution is -2.58. The van der Waals surface area contributed by atoms with Gasteiger partial charge in [0.2, 0.25) is 17.6 Å². The molecule has 2 saturated heterocycles. The van der Waals surface area contributed by atoms with E-state index in [0.717, 1.165) is 58.4 Å².